The summed E-state index contributed by atoms with van der Waals surface area (Å²) < 4.78 is 0. The van der Waals surface area contributed by atoms with Crippen molar-refractivity contribution >= 4 is 56.4 Å². The standard InChI is InChI=1S/C40H58Cl2N6/c1-29(15-13-23-47(3)4)43-39-27-33(45-37-25-31(41)19-21-35(37)39)17-11-9-7-8-10-12-18-34-28-40(44-30(2)16-14-24-48(5)6)36-22-20-32(42)26-38(36)46-34/h19-22,25-30H,7-18,23-24H2,1-6H3,(H,43,45)(H,44,46). The Morgan fingerprint density at radius 2 is 0.958 bits per heavy atom. The van der Waals surface area contributed by atoms with Gasteiger partial charge in [0.05, 0.1) is 11.0 Å². The van der Waals surface area contributed by atoms with Gasteiger partial charge in [0.1, 0.15) is 0 Å². The van der Waals surface area contributed by atoms with E-state index < -0.39 is 0 Å². The van der Waals surface area contributed by atoms with Gasteiger partial charge in [-0.2, -0.15) is 0 Å². The van der Waals surface area contributed by atoms with Gasteiger partial charge in [0, 0.05) is 55.7 Å². The van der Waals surface area contributed by atoms with Crippen molar-refractivity contribution in [2.75, 3.05) is 51.9 Å². The van der Waals surface area contributed by atoms with E-state index >= 15 is 0 Å². The second kappa shape index (κ2) is 19.5. The molecule has 2 N–H and O–H groups in total. The number of hydrogen-bond acceptors (Lipinski definition) is 6. The molecule has 0 amide bonds. The molecule has 0 aliphatic heterocycles. The lowest BCUT2D eigenvalue weighted by Gasteiger charge is -2.19. The molecule has 0 bridgehead atoms. The number of anilines is 2. The third-order valence-corrected chi connectivity index (χ3v) is 9.52. The number of halogens is 2. The number of benzene rings is 2. The van der Waals surface area contributed by atoms with Crippen molar-refractivity contribution in [2.24, 2.45) is 0 Å². The number of rotatable bonds is 21. The van der Waals surface area contributed by atoms with Crippen molar-refractivity contribution in [3.05, 3.63) is 70.0 Å². The Labute approximate surface area is 300 Å². The van der Waals surface area contributed by atoms with Crippen LogP contribution in [0.25, 0.3) is 21.8 Å². The Kier molecular flexibility index (Phi) is 15.5. The Morgan fingerprint density at radius 3 is 1.35 bits per heavy atom. The van der Waals surface area contributed by atoms with Gasteiger partial charge in [-0.15, -0.1) is 0 Å². The first-order valence-electron chi connectivity index (χ1n) is 18.1. The quantitative estimate of drug-likeness (QED) is 0.0848. The maximum Gasteiger partial charge on any atom is 0.0740 e. The predicted octanol–water partition coefficient (Wildman–Crippen LogP) is 10.5. The van der Waals surface area contributed by atoms with E-state index in [0.29, 0.717) is 12.1 Å². The maximum absolute atomic E-state index is 6.36. The summed E-state index contributed by atoms with van der Waals surface area (Å²) >= 11 is 12.7. The molecular formula is C40H58Cl2N6. The lowest BCUT2D eigenvalue weighted by Crippen LogP contribution is -2.19. The average Bonchev–Trinajstić information content (AvgIpc) is 3.01. The third-order valence-electron chi connectivity index (χ3n) is 9.05. The summed E-state index contributed by atoms with van der Waals surface area (Å²) in [4.78, 5) is 14.5. The van der Waals surface area contributed by atoms with E-state index in [1.54, 1.807) is 0 Å². The summed E-state index contributed by atoms with van der Waals surface area (Å²) in [6.07, 6.45) is 13.8. The lowest BCUT2D eigenvalue weighted by molar-refractivity contribution is 0.390. The summed E-state index contributed by atoms with van der Waals surface area (Å²) in [6, 6.07) is 17.4. The van der Waals surface area contributed by atoms with Crippen molar-refractivity contribution in [2.45, 2.75) is 103 Å². The van der Waals surface area contributed by atoms with Gasteiger partial charge < -0.3 is 20.4 Å². The summed E-state index contributed by atoms with van der Waals surface area (Å²) in [7, 11) is 8.53. The Bertz CT molecular complexity index is 1460. The molecule has 0 spiro atoms. The normalized spacial score (nSPS) is 13.1. The van der Waals surface area contributed by atoms with Crippen molar-refractivity contribution in [3.8, 4) is 0 Å². The first kappa shape index (κ1) is 38.2. The topological polar surface area (TPSA) is 56.3 Å². The van der Waals surface area contributed by atoms with Crippen LogP contribution in [0.4, 0.5) is 11.4 Å². The molecule has 2 atom stereocenters. The first-order valence-corrected chi connectivity index (χ1v) is 18.8. The van der Waals surface area contributed by atoms with E-state index in [4.69, 9.17) is 33.2 Å². The predicted molar refractivity (Wildman–Crippen MR) is 210 cm³/mol. The molecule has 2 aromatic carbocycles. The van der Waals surface area contributed by atoms with Crippen LogP contribution in [0, 0.1) is 0 Å². The second-order valence-electron chi connectivity index (χ2n) is 14.2. The smallest absolute Gasteiger partial charge is 0.0740 e. The lowest BCUT2D eigenvalue weighted by atomic mass is 10.0. The minimum absolute atomic E-state index is 0.395. The number of pyridine rings is 2. The molecule has 2 aromatic heterocycles. The van der Waals surface area contributed by atoms with Crippen LogP contribution < -0.4 is 10.6 Å². The molecule has 6 nitrogen and oxygen atoms in total. The van der Waals surface area contributed by atoms with Gasteiger partial charge >= 0.3 is 0 Å². The van der Waals surface area contributed by atoms with Gasteiger partial charge in [-0.25, -0.2) is 0 Å². The van der Waals surface area contributed by atoms with E-state index in [0.717, 1.165) is 94.9 Å². The molecule has 0 saturated carbocycles. The largest absolute Gasteiger partial charge is 0.382 e. The van der Waals surface area contributed by atoms with Crippen LogP contribution in [0.5, 0.6) is 0 Å². The van der Waals surface area contributed by atoms with E-state index in [-0.39, 0.29) is 0 Å². The zero-order valence-electron chi connectivity index (χ0n) is 30.2. The Balaban J connectivity index is 1.24. The molecule has 48 heavy (non-hydrogen) atoms. The number of nitrogens with one attached hydrogen (secondary N) is 2. The fraction of sp³-hybridized carbons (Fsp3) is 0.550. The van der Waals surface area contributed by atoms with Gasteiger partial charge in [-0.1, -0.05) is 48.9 Å². The van der Waals surface area contributed by atoms with Crippen molar-refractivity contribution in [3.63, 3.8) is 0 Å². The second-order valence-corrected chi connectivity index (χ2v) is 15.1. The monoisotopic (exact) mass is 692 g/mol. The van der Waals surface area contributed by atoms with Crippen LogP contribution in [0.1, 0.15) is 89.4 Å². The number of aromatic nitrogens is 2. The van der Waals surface area contributed by atoms with Gasteiger partial charge in [-0.3, -0.25) is 9.97 Å². The average molecular weight is 694 g/mol. The molecule has 0 aliphatic carbocycles. The van der Waals surface area contributed by atoms with Gasteiger partial charge in [-0.05, 0) is 155 Å². The number of fused-ring (bicyclic) bond motifs is 2. The molecule has 2 heterocycles. The minimum atomic E-state index is 0.395. The van der Waals surface area contributed by atoms with Gasteiger partial charge in [0.15, 0.2) is 0 Å². The van der Waals surface area contributed by atoms with Crippen LogP contribution in [-0.4, -0.2) is 73.1 Å². The van der Waals surface area contributed by atoms with Crippen LogP contribution in [0.3, 0.4) is 0 Å². The molecule has 8 heteroatoms. The molecule has 4 rings (SSSR count). The molecule has 0 aliphatic rings. The summed E-state index contributed by atoms with van der Waals surface area (Å²) in [5.74, 6) is 0. The van der Waals surface area contributed by atoms with Gasteiger partial charge in [0.25, 0.3) is 0 Å². The van der Waals surface area contributed by atoms with Gasteiger partial charge in [0.2, 0.25) is 0 Å². The minimum Gasteiger partial charge on any atom is -0.382 e. The molecule has 262 valence electrons. The van der Waals surface area contributed by atoms with Crippen molar-refractivity contribution < 1.29 is 0 Å². The van der Waals surface area contributed by atoms with Crippen LogP contribution in [0.15, 0.2) is 48.5 Å². The number of aryl methyl sites for hydroxylation is 2. The van der Waals surface area contributed by atoms with Crippen molar-refractivity contribution in [1.29, 1.82) is 0 Å². The highest BCUT2D eigenvalue weighted by Crippen LogP contribution is 2.29. The maximum atomic E-state index is 6.36. The molecular weight excluding hydrogens is 635 g/mol. The number of unbranched alkanes of at least 4 members (excludes halogenated alkanes) is 5. The third kappa shape index (κ3) is 12.7. The highest BCUT2D eigenvalue weighted by Gasteiger charge is 2.12. The first-order chi connectivity index (χ1) is 23.1. The highest BCUT2D eigenvalue weighted by molar-refractivity contribution is 6.31. The highest BCUT2D eigenvalue weighted by atomic mass is 35.5. The SMILES string of the molecule is CC(CCCN(C)C)Nc1cc(CCCCCCCCc2cc(NC(C)CCCN(C)C)c3ccc(Cl)cc3n2)nc2cc(Cl)ccc12. The summed E-state index contributed by atoms with van der Waals surface area (Å²) in [5, 5.41) is 11.3. The summed E-state index contributed by atoms with van der Waals surface area (Å²) in [5.41, 5.74) is 6.59. The molecule has 0 fully saturated rings. The number of hydrogen-bond donors (Lipinski definition) is 2. The Hall–Kier alpha value is -2.64. The fourth-order valence-corrected chi connectivity index (χ4v) is 6.76. The molecule has 0 radical (unpaired) electrons. The fourth-order valence-electron chi connectivity index (χ4n) is 6.43. The molecule has 2 unspecified atom stereocenters. The zero-order valence-corrected chi connectivity index (χ0v) is 31.7. The zero-order chi connectivity index (χ0) is 34.5. The van der Waals surface area contributed by atoms with E-state index in [1.807, 2.05) is 24.3 Å². The Morgan fingerprint density at radius 1 is 0.562 bits per heavy atom. The van der Waals surface area contributed by atoms with Crippen LogP contribution in [-0.2, 0) is 12.8 Å². The van der Waals surface area contributed by atoms with Crippen molar-refractivity contribution in [1.82, 2.24) is 19.8 Å². The van der Waals surface area contributed by atoms with Crippen LogP contribution in [0.2, 0.25) is 10.0 Å². The van der Waals surface area contributed by atoms with Crippen LogP contribution >= 0.6 is 23.2 Å². The summed E-state index contributed by atoms with van der Waals surface area (Å²) in [6.45, 7) is 6.76. The van der Waals surface area contributed by atoms with E-state index in [1.165, 1.54) is 49.9 Å². The molecule has 0 saturated heterocycles. The molecule has 4 aromatic rings. The number of nitrogens with zero attached hydrogens (tertiary/aromatic N) is 4. The van der Waals surface area contributed by atoms with E-state index in [2.05, 4.69) is 86.7 Å². The van der Waals surface area contributed by atoms with E-state index in [9.17, 15) is 0 Å².